The Morgan fingerprint density at radius 2 is 2.36 bits per heavy atom. The average Bonchev–Trinajstić information content (AvgIpc) is 2.93. The minimum Gasteiger partial charge on any atom is -0.504 e. The molecular weight excluding hydrogens is 284 g/mol. The third-order valence-corrected chi connectivity index (χ3v) is 3.50. The van der Waals surface area contributed by atoms with Crippen LogP contribution in [0.2, 0.25) is 0 Å². The summed E-state index contributed by atoms with van der Waals surface area (Å²) >= 11 is 0. The molecule has 0 aliphatic carbocycles. The molecule has 1 aliphatic heterocycles. The third-order valence-electron chi connectivity index (χ3n) is 3.50. The number of rotatable bonds is 4. The van der Waals surface area contributed by atoms with Crippen molar-refractivity contribution in [3.63, 3.8) is 0 Å². The molecule has 1 heterocycles. The molecule has 1 amide bonds. The van der Waals surface area contributed by atoms with Gasteiger partial charge in [0.1, 0.15) is 6.17 Å². The Hall–Kier alpha value is -2.70. The first-order chi connectivity index (χ1) is 10.5. The lowest BCUT2D eigenvalue weighted by Gasteiger charge is -2.24. The zero-order valence-corrected chi connectivity index (χ0v) is 12.4. The standard InChI is InChI=1S/C15H20N4O3/c1-22-12-6-4-10(9-11(12)20)5-7-14(21)18-13-3-2-8-19(13)15(16)17/h4-7,9,13,20H,2-3,8H2,1H3,(H3,16,17)(H,18,21)/b7-5-. The van der Waals surface area contributed by atoms with E-state index in [4.69, 9.17) is 15.9 Å². The normalized spacial score (nSPS) is 17.7. The summed E-state index contributed by atoms with van der Waals surface area (Å²) in [7, 11) is 1.47. The van der Waals surface area contributed by atoms with E-state index in [2.05, 4.69) is 5.32 Å². The molecule has 0 radical (unpaired) electrons. The minimum absolute atomic E-state index is 0.0172. The predicted molar refractivity (Wildman–Crippen MR) is 83.5 cm³/mol. The smallest absolute Gasteiger partial charge is 0.245 e. The summed E-state index contributed by atoms with van der Waals surface area (Å²) in [5.41, 5.74) is 6.16. The van der Waals surface area contributed by atoms with E-state index >= 15 is 0 Å². The Bertz CT molecular complexity index is 600. The van der Waals surface area contributed by atoms with Gasteiger partial charge in [-0.3, -0.25) is 10.2 Å². The molecule has 7 nitrogen and oxygen atoms in total. The van der Waals surface area contributed by atoms with Crippen LogP contribution in [0.3, 0.4) is 0 Å². The van der Waals surface area contributed by atoms with Crippen molar-refractivity contribution in [2.24, 2.45) is 5.73 Å². The number of phenolic OH excluding ortho intramolecular Hbond substituents is 1. The van der Waals surface area contributed by atoms with Crippen LogP contribution in [0.25, 0.3) is 6.08 Å². The van der Waals surface area contributed by atoms with Gasteiger partial charge in [0.25, 0.3) is 0 Å². The lowest BCUT2D eigenvalue weighted by Crippen LogP contribution is -2.48. The maximum atomic E-state index is 11.9. The number of carbonyl (C=O) groups excluding carboxylic acids is 1. The number of guanidine groups is 1. The minimum atomic E-state index is -0.270. The number of benzene rings is 1. The lowest BCUT2D eigenvalue weighted by molar-refractivity contribution is -0.117. The highest BCUT2D eigenvalue weighted by Crippen LogP contribution is 2.26. The fourth-order valence-corrected chi connectivity index (χ4v) is 2.40. The molecule has 7 heteroatoms. The SMILES string of the molecule is COc1ccc(/C=C\C(=O)NC2CCCN2C(=N)N)cc1O. The van der Waals surface area contributed by atoms with Gasteiger partial charge in [0.15, 0.2) is 17.5 Å². The Morgan fingerprint density at radius 3 is 3.00 bits per heavy atom. The van der Waals surface area contributed by atoms with Gasteiger partial charge in [0.05, 0.1) is 7.11 Å². The molecule has 1 aromatic carbocycles. The van der Waals surface area contributed by atoms with Crippen LogP contribution in [0.4, 0.5) is 0 Å². The number of aromatic hydroxyl groups is 1. The van der Waals surface area contributed by atoms with Gasteiger partial charge in [0.2, 0.25) is 5.91 Å². The number of carbonyl (C=O) groups is 1. The average molecular weight is 304 g/mol. The molecule has 1 unspecified atom stereocenters. The molecule has 0 spiro atoms. The molecular formula is C15H20N4O3. The van der Waals surface area contributed by atoms with Crippen molar-refractivity contribution >= 4 is 17.9 Å². The number of nitrogens with two attached hydrogens (primary N) is 1. The highest BCUT2D eigenvalue weighted by Gasteiger charge is 2.26. The Balaban J connectivity index is 1.96. The molecule has 22 heavy (non-hydrogen) atoms. The van der Waals surface area contributed by atoms with E-state index in [1.165, 1.54) is 19.3 Å². The number of likely N-dealkylation sites (tertiary alicyclic amines) is 1. The highest BCUT2D eigenvalue weighted by atomic mass is 16.5. The number of amides is 1. The number of nitrogens with one attached hydrogen (secondary N) is 2. The molecule has 1 atom stereocenters. The summed E-state index contributed by atoms with van der Waals surface area (Å²) in [4.78, 5) is 13.6. The quantitative estimate of drug-likeness (QED) is 0.374. The van der Waals surface area contributed by atoms with Crippen molar-refractivity contribution in [3.05, 3.63) is 29.8 Å². The molecule has 1 aliphatic rings. The zero-order valence-electron chi connectivity index (χ0n) is 12.4. The number of hydrogen-bond acceptors (Lipinski definition) is 4. The molecule has 0 bridgehead atoms. The topological polar surface area (TPSA) is 112 Å². The van der Waals surface area contributed by atoms with Gasteiger partial charge < -0.3 is 25.8 Å². The van der Waals surface area contributed by atoms with E-state index in [9.17, 15) is 9.90 Å². The van der Waals surface area contributed by atoms with Crippen molar-refractivity contribution in [2.75, 3.05) is 13.7 Å². The van der Waals surface area contributed by atoms with E-state index in [1.54, 1.807) is 23.1 Å². The van der Waals surface area contributed by atoms with Gasteiger partial charge in [-0.05, 0) is 36.6 Å². The van der Waals surface area contributed by atoms with Crippen molar-refractivity contribution < 1.29 is 14.6 Å². The van der Waals surface area contributed by atoms with Crippen LogP contribution in [0.5, 0.6) is 11.5 Å². The number of phenols is 1. The van der Waals surface area contributed by atoms with Crippen LogP contribution in [0, 0.1) is 5.41 Å². The Morgan fingerprint density at radius 1 is 1.59 bits per heavy atom. The van der Waals surface area contributed by atoms with E-state index in [-0.39, 0.29) is 23.8 Å². The first-order valence-corrected chi connectivity index (χ1v) is 6.97. The van der Waals surface area contributed by atoms with E-state index in [0.29, 0.717) is 17.9 Å². The number of ether oxygens (including phenoxy) is 1. The largest absolute Gasteiger partial charge is 0.504 e. The summed E-state index contributed by atoms with van der Waals surface area (Å²) in [6.45, 7) is 0.677. The Kier molecular flexibility index (Phi) is 4.88. The van der Waals surface area contributed by atoms with Crippen molar-refractivity contribution in [3.8, 4) is 11.5 Å². The fourth-order valence-electron chi connectivity index (χ4n) is 2.40. The zero-order chi connectivity index (χ0) is 16.1. The van der Waals surface area contributed by atoms with Gasteiger partial charge in [0, 0.05) is 12.6 Å². The molecule has 1 aromatic rings. The summed E-state index contributed by atoms with van der Waals surface area (Å²) in [6.07, 6.45) is 4.40. The molecule has 0 saturated carbocycles. The monoisotopic (exact) mass is 304 g/mol. The van der Waals surface area contributed by atoms with Crippen LogP contribution in [-0.2, 0) is 4.79 Å². The lowest BCUT2D eigenvalue weighted by atomic mass is 10.2. The summed E-state index contributed by atoms with van der Waals surface area (Å²) in [6, 6.07) is 4.88. The first-order valence-electron chi connectivity index (χ1n) is 6.97. The summed E-state index contributed by atoms with van der Waals surface area (Å²) in [5.74, 6) is 0.0913. The number of methoxy groups -OCH3 is 1. The molecule has 5 N–H and O–H groups in total. The van der Waals surface area contributed by atoms with Gasteiger partial charge in [-0.2, -0.15) is 0 Å². The van der Waals surface area contributed by atoms with Crippen molar-refractivity contribution in [1.82, 2.24) is 10.2 Å². The van der Waals surface area contributed by atoms with Crippen molar-refractivity contribution in [2.45, 2.75) is 19.0 Å². The van der Waals surface area contributed by atoms with Crippen LogP contribution in [0.15, 0.2) is 24.3 Å². The summed E-state index contributed by atoms with van der Waals surface area (Å²) in [5, 5.41) is 19.9. The first kappa shape index (κ1) is 15.7. The second-order valence-electron chi connectivity index (χ2n) is 5.01. The highest BCUT2D eigenvalue weighted by molar-refractivity contribution is 5.92. The van der Waals surface area contributed by atoms with E-state index in [0.717, 1.165) is 12.8 Å². The van der Waals surface area contributed by atoms with Crippen LogP contribution >= 0.6 is 0 Å². The summed E-state index contributed by atoms with van der Waals surface area (Å²) < 4.78 is 4.96. The van der Waals surface area contributed by atoms with Crippen molar-refractivity contribution in [1.29, 1.82) is 5.41 Å². The molecule has 0 aromatic heterocycles. The number of nitrogens with zero attached hydrogens (tertiary/aromatic N) is 1. The Labute approximate surface area is 128 Å². The second kappa shape index (κ2) is 6.84. The van der Waals surface area contributed by atoms with E-state index in [1.807, 2.05) is 0 Å². The fraction of sp³-hybridized carbons (Fsp3) is 0.333. The molecule has 1 fully saturated rings. The molecule has 1 saturated heterocycles. The molecule has 118 valence electrons. The van der Waals surface area contributed by atoms with E-state index < -0.39 is 0 Å². The van der Waals surface area contributed by atoms with Gasteiger partial charge in [-0.25, -0.2) is 0 Å². The number of hydrogen-bond donors (Lipinski definition) is 4. The molecule has 2 rings (SSSR count). The van der Waals surface area contributed by atoms with Crippen LogP contribution in [-0.4, -0.2) is 41.7 Å². The van der Waals surface area contributed by atoms with Crippen LogP contribution < -0.4 is 15.8 Å². The van der Waals surface area contributed by atoms with Crippen LogP contribution in [0.1, 0.15) is 18.4 Å². The second-order valence-corrected chi connectivity index (χ2v) is 5.01. The maximum Gasteiger partial charge on any atom is 0.245 e. The van der Waals surface area contributed by atoms with Gasteiger partial charge in [-0.15, -0.1) is 0 Å². The van der Waals surface area contributed by atoms with Gasteiger partial charge >= 0.3 is 0 Å². The third kappa shape index (κ3) is 3.69. The maximum absolute atomic E-state index is 11.9. The van der Waals surface area contributed by atoms with Gasteiger partial charge in [-0.1, -0.05) is 6.07 Å². The predicted octanol–water partition coefficient (Wildman–Crippen LogP) is 0.846.